The average Bonchev–Trinajstić information content (AvgIpc) is 2.48. The Kier molecular flexibility index (Phi) is 1.70. The number of carbonyl (C=O) groups is 1. The number of imidazole rings is 1. The van der Waals surface area contributed by atoms with Crippen molar-refractivity contribution < 1.29 is 9.90 Å². The number of nitrogens with zero attached hydrogens (tertiary/aromatic N) is 3. The van der Waals surface area contributed by atoms with Crippen LogP contribution in [0.1, 0.15) is 5.82 Å². The molecule has 0 aliphatic heterocycles. The summed E-state index contributed by atoms with van der Waals surface area (Å²) in [6.07, 6.45) is 4.85. The molecule has 5 heteroatoms. The lowest BCUT2D eigenvalue weighted by Gasteiger charge is -1.95. The van der Waals surface area contributed by atoms with Crippen molar-refractivity contribution in [1.82, 2.24) is 14.4 Å². The number of rotatable bonds is 2. The highest BCUT2D eigenvalue weighted by atomic mass is 16.4. The Balaban J connectivity index is 2.51. The lowest BCUT2D eigenvalue weighted by atomic mass is 10.4. The lowest BCUT2D eigenvalue weighted by molar-refractivity contribution is -0.136. The van der Waals surface area contributed by atoms with Crippen molar-refractivity contribution in [2.75, 3.05) is 0 Å². The Hall–Kier alpha value is -1.91. The Bertz CT molecular complexity index is 449. The summed E-state index contributed by atoms with van der Waals surface area (Å²) in [6, 6.07) is 1.74. The first kappa shape index (κ1) is 7.72. The van der Waals surface area contributed by atoms with Crippen molar-refractivity contribution in [3.8, 4) is 0 Å². The first-order chi connectivity index (χ1) is 6.27. The molecule has 1 N–H and O–H groups in total. The average molecular weight is 177 g/mol. The van der Waals surface area contributed by atoms with Crippen molar-refractivity contribution in [3.05, 3.63) is 30.5 Å². The van der Waals surface area contributed by atoms with Crippen molar-refractivity contribution in [2.24, 2.45) is 0 Å². The molecule has 0 radical (unpaired) electrons. The molecule has 0 bridgehead atoms. The minimum Gasteiger partial charge on any atom is -0.481 e. The van der Waals surface area contributed by atoms with Crippen LogP contribution in [0.4, 0.5) is 0 Å². The van der Waals surface area contributed by atoms with Crippen LogP contribution in [0.25, 0.3) is 5.65 Å². The van der Waals surface area contributed by atoms with E-state index in [4.69, 9.17) is 5.11 Å². The van der Waals surface area contributed by atoms with E-state index in [0.717, 1.165) is 0 Å². The zero-order chi connectivity index (χ0) is 9.26. The molecule has 0 saturated carbocycles. The van der Waals surface area contributed by atoms with E-state index >= 15 is 0 Å². The Morgan fingerprint density at radius 2 is 2.38 bits per heavy atom. The molecule has 0 aliphatic carbocycles. The zero-order valence-electron chi connectivity index (χ0n) is 6.71. The predicted molar refractivity (Wildman–Crippen MR) is 44.3 cm³/mol. The monoisotopic (exact) mass is 177 g/mol. The molecule has 0 saturated heterocycles. The number of aliphatic carboxylic acids is 1. The summed E-state index contributed by atoms with van der Waals surface area (Å²) in [5.41, 5.74) is 0.666. The molecule has 5 nitrogen and oxygen atoms in total. The third kappa shape index (κ3) is 1.35. The molecule has 0 aliphatic rings. The zero-order valence-corrected chi connectivity index (χ0v) is 6.71. The van der Waals surface area contributed by atoms with E-state index in [1.807, 2.05) is 0 Å². The molecule has 0 spiro atoms. The van der Waals surface area contributed by atoms with Crippen LogP contribution in [0.2, 0.25) is 0 Å². The summed E-state index contributed by atoms with van der Waals surface area (Å²) < 4.78 is 1.66. The van der Waals surface area contributed by atoms with Gasteiger partial charge < -0.3 is 5.11 Å². The van der Waals surface area contributed by atoms with Gasteiger partial charge in [-0.3, -0.25) is 9.20 Å². The van der Waals surface area contributed by atoms with Gasteiger partial charge in [0.15, 0.2) is 5.65 Å². The number of fused-ring (bicyclic) bond motifs is 1. The van der Waals surface area contributed by atoms with Gasteiger partial charge in [-0.05, 0) is 6.07 Å². The maximum atomic E-state index is 10.4. The first-order valence-electron chi connectivity index (χ1n) is 3.76. The summed E-state index contributed by atoms with van der Waals surface area (Å²) in [7, 11) is 0. The first-order valence-corrected chi connectivity index (χ1v) is 3.76. The van der Waals surface area contributed by atoms with E-state index in [9.17, 15) is 4.79 Å². The molecule has 2 heterocycles. The minimum absolute atomic E-state index is 0.0835. The topological polar surface area (TPSA) is 67.5 Å². The van der Waals surface area contributed by atoms with Gasteiger partial charge >= 0.3 is 5.97 Å². The Morgan fingerprint density at radius 3 is 3.15 bits per heavy atom. The maximum absolute atomic E-state index is 10.4. The molecule has 0 amide bonds. The van der Waals surface area contributed by atoms with Crippen molar-refractivity contribution in [3.63, 3.8) is 0 Å². The van der Waals surface area contributed by atoms with Gasteiger partial charge in [0.05, 0.1) is 6.20 Å². The van der Waals surface area contributed by atoms with Crippen LogP contribution >= 0.6 is 0 Å². The smallest absolute Gasteiger partial charge is 0.311 e. The van der Waals surface area contributed by atoms with E-state index in [-0.39, 0.29) is 6.42 Å². The minimum atomic E-state index is -0.892. The van der Waals surface area contributed by atoms with Crippen LogP contribution < -0.4 is 0 Å². The molecule has 0 atom stereocenters. The largest absolute Gasteiger partial charge is 0.481 e. The summed E-state index contributed by atoms with van der Waals surface area (Å²) in [5.74, 6) is -0.396. The van der Waals surface area contributed by atoms with Gasteiger partial charge in [-0.2, -0.15) is 0 Å². The van der Waals surface area contributed by atoms with Crippen LogP contribution in [-0.2, 0) is 11.2 Å². The number of carboxylic acid groups (broad SMARTS) is 1. The van der Waals surface area contributed by atoms with Gasteiger partial charge in [-0.1, -0.05) is 0 Å². The van der Waals surface area contributed by atoms with Gasteiger partial charge in [0.2, 0.25) is 0 Å². The van der Waals surface area contributed by atoms with Gasteiger partial charge in [0.25, 0.3) is 0 Å². The van der Waals surface area contributed by atoms with Gasteiger partial charge in [0.1, 0.15) is 12.2 Å². The van der Waals surface area contributed by atoms with E-state index < -0.39 is 5.97 Å². The summed E-state index contributed by atoms with van der Waals surface area (Å²) in [4.78, 5) is 18.4. The van der Waals surface area contributed by atoms with E-state index in [2.05, 4.69) is 9.97 Å². The van der Waals surface area contributed by atoms with Crippen molar-refractivity contribution in [2.45, 2.75) is 6.42 Å². The standard InChI is InChI=1S/C8H7N3O2/c12-8(13)4-6-10-5-7-9-2-1-3-11(6)7/h1-3,5H,4H2,(H,12,13). The van der Waals surface area contributed by atoms with E-state index in [1.165, 1.54) is 0 Å². The van der Waals surface area contributed by atoms with E-state index in [1.54, 1.807) is 29.1 Å². The molecule has 0 fully saturated rings. The van der Waals surface area contributed by atoms with Crippen LogP contribution in [-0.4, -0.2) is 25.4 Å². The third-order valence-electron chi connectivity index (χ3n) is 1.69. The summed E-state index contributed by atoms with van der Waals surface area (Å²) in [5, 5.41) is 8.57. The predicted octanol–water partition coefficient (Wildman–Crippen LogP) is 0.356. The van der Waals surface area contributed by atoms with Crippen LogP contribution in [0.5, 0.6) is 0 Å². The molecule has 0 unspecified atom stereocenters. The van der Waals surface area contributed by atoms with Gasteiger partial charge in [-0.15, -0.1) is 0 Å². The maximum Gasteiger partial charge on any atom is 0.311 e. The molecule has 2 rings (SSSR count). The molecule has 2 aromatic heterocycles. The third-order valence-corrected chi connectivity index (χ3v) is 1.69. The second-order valence-electron chi connectivity index (χ2n) is 2.59. The number of hydrogen-bond donors (Lipinski definition) is 1. The van der Waals surface area contributed by atoms with Crippen LogP contribution in [0, 0.1) is 0 Å². The fraction of sp³-hybridized carbons (Fsp3) is 0.125. The summed E-state index contributed by atoms with van der Waals surface area (Å²) in [6.45, 7) is 0. The normalized spacial score (nSPS) is 10.5. The highest BCUT2D eigenvalue weighted by molar-refractivity contribution is 5.69. The molecule has 0 aromatic carbocycles. The van der Waals surface area contributed by atoms with Gasteiger partial charge in [-0.25, -0.2) is 9.97 Å². The molecule has 66 valence electrons. The number of carboxylic acids is 1. The quantitative estimate of drug-likeness (QED) is 0.719. The van der Waals surface area contributed by atoms with Crippen molar-refractivity contribution >= 4 is 11.6 Å². The van der Waals surface area contributed by atoms with Crippen LogP contribution in [0.3, 0.4) is 0 Å². The van der Waals surface area contributed by atoms with E-state index in [0.29, 0.717) is 11.5 Å². The molecular weight excluding hydrogens is 170 g/mol. The highest BCUT2D eigenvalue weighted by Crippen LogP contribution is 2.03. The molecular formula is C8H7N3O2. The fourth-order valence-electron chi connectivity index (χ4n) is 1.16. The Labute approximate surface area is 73.7 Å². The SMILES string of the molecule is O=C(O)Cc1ncc2ncccn12. The lowest BCUT2D eigenvalue weighted by Crippen LogP contribution is -2.04. The summed E-state index contributed by atoms with van der Waals surface area (Å²) >= 11 is 0. The molecule has 2 aromatic rings. The van der Waals surface area contributed by atoms with Crippen molar-refractivity contribution in [1.29, 1.82) is 0 Å². The molecule has 13 heavy (non-hydrogen) atoms. The highest BCUT2D eigenvalue weighted by Gasteiger charge is 2.06. The van der Waals surface area contributed by atoms with Gasteiger partial charge in [0, 0.05) is 12.4 Å². The number of aromatic nitrogens is 3. The number of hydrogen-bond acceptors (Lipinski definition) is 3. The second-order valence-corrected chi connectivity index (χ2v) is 2.59. The Morgan fingerprint density at radius 1 is 1.54 bits per heavy atom. The van der Waals surface area contributed by atoms with Crippen LogP contribution in [0.15, 0.2) is 24.7 Å². The second kappa shape index (κ2) is 2.85. The fourth-order valence-corrected chi connectivity index (χ4v) is 1.16.